The maximum absolute atomic E-state index is 12.4. The summed E-state index contributed by atoms with van der Waals surface area (Å²) in [7, 11) is 0. The number of amides is 1. The maximum atomic E-state index is 12.4. The zero-order valence-corrected chi connectivity index (χ0v) is 13.7. The molecule has 6 nitrogen and oxygen atoms in total. The molecule has 1 aromatic carbocycles. The van der Waals surface area contributed by atoms with Crippen LogP contribution in [0.1, 0.15) is 23.2 Å². The van der Waals surface area contributed by atoms with Gasteiger partial charge in [-0.3, -0.25) is 9.59 Å². The zero-order valence-electron chi connectivity index (χ0n) is 13.7. The van der Waals surface area contributed by atoms with E-state index >= 15 is 0 Å². The molecule has 0 unspecified atom stereocenters. The van der Waals surface area contributed by atoms with Gasteiger partial charge in [0.1, 0.15) is 5.75 Å². The molecule has 3 rings (SSSR count). The van der Waals surface area contributed by atoms with Crippen molar-refractivity contribution in [2.24, 2.45) is 5.92 Å². The number of ether oxygens (including phenoxy) is 3. The first-order valence-electron chi connectivity index (χ1n) is 8.44. The molecule has 0 atom stereocenters. The van der Waals surface area contributed by atoms with Gasteiger partial charge in [-0.25, -0.2) is 0 Å². The number of hydrogen-bond acceptors (Lipinski definition) is 5. The molecule has 24 heavy (non-hydrogen) atoms. The lowest BCUT2D eigenvalue weighted by molar-refractivity contribution is -0.137. The third kappa shape index (κ3) is 4.33. The fourth-order valence-corrected chi connectivity index (χ4v) is 2.96. The molecule has 0 spiro atoms. The Morgan fingerprint density at radius 1 is 1.00 bits per heavy atom. The summed E-state index contributed by atoms with van der Waals surface area (Å²) in [5, 5.41) is 0. The first-order chi connectivity index (χ1) is 11.7. The molecule has 0 bridgehead atoms. The van der Waals surface area contributed by atoms with E-state index < -0.39 is 0 Å². The molecule has 2 heterocycles. The number of hydrogen-bond donors (Lipinski definition) is 0. The summed E-state index contributed by atoms with van der Waals surface area (Å²) in [4.78, 5) is 26.2. The van der Waals surface area contributed by atoms with Crippen molar-refractivity contribution in [1.29, 1.82) is 0 Å². The van der Waals surface area contributed by atoms with Gasteiger partial charge in [0, 0.05) is 37.8 Å². The number of morpholine rings is 1. The molecule has 0 aromatic heterocycles. The van der Waals surface area contributed by atoms with Crippen LogP contribution in [0.15, 0.2) is 24.3 Å². The summed E-state index contributed by atoms with van der Waals surface area (Å²) in [6, 6.07) is 7.04. The van der Waals surface area contributed by atoms with E-state index in [9.17, 15) is 9.59 Å². The predicted molar refractivity (Wildman–Crippen MR) is 87.2 cm³/mol. The van der Waals surface area contributed by atoms with Gasteiger partial charge in [0.15, 0.2) is 12.4 Å². The first-order valence-corrected chi connectivity index (χ1v) is 8.44. The number of Topliss-reactive ketones (excluding diaryl/α,β-unsaturated/α-hetero) is 1. The highest BCUT2D eigenvalue weighted by Crippen LogP contribution is 2.21. The van der Waals surface area contributed by atoms with Crippen LogP contribution in [0.25, 0.3) is 0 Å². The van der Waals surface area contributed by atoms with E-state index in [0.717, 1.165) is 12.8 Å². The van der Waals surface area contributed by atoms with Crippen LogP contribution in [-0.4, -0.2) is 62.7 Å². The molecular weight excluding hydrogens is 310 g/mol. The van der Waals surface area contributed by atoms with Crippen molar-refractivity contribution in [1.82, 2.24) is 4.90 Å². The number of rotatable bonds is 5. The fourth-order valence-electron chi connectivity index (χ4n) is 2.96. The zero-order chi connectivity index (χ0) is 16.8. The average molecular weight is 333 g/mol. The Kier molecular flexibility index (Phi) is 5.82. The molecule has 0 radical (unpaired) electrons. The van der Waals surface area contributed by atoms with Crippen LogP contribution in [0.2, 0.25) is 0 Å². The van der Waals surface area contributed by atoms with Gasteiger partial charge in [-0.15, -0.1) is 0 Å². The molecule has 1 aromatic rings. The predicted octanol–water partition coefficient (Wildman–Crippen LogP) is 1.53. The molecular formula is C18H23NO5. The van der Waals surface area contributed by atoms with E-state index in [1.807, 2.05) is 0 Å². The van der Waals surface area contributed by atoms with Crippen molar-refractivity contribution < 1.29 is 23.8 Å². The van der Waals surface area contributed by atoms with Crippen molar-refractivity contribution in [2.75, 3.05) is 46.1 Å². The average Bonchev–Trinajstić information content (AvgIpc) is 2.67. The summed E-state index contributed by atoms with van der Waals surface area (Å²) in [5.74, 6) is 0.767. The summed E-state index contributed by atoms with van der Waals surface area (Å²) in [6.45, 7) is 3.70. The summed E-state index contributed by atoms with van der Waals surface area (Å²) in [5.41, 5.74) is 0.689. The highest BCUT2D eigenvalue weighted by atomic mass is 16.5. The van der Waals surface area contributed by atoms with Gasteiger partial charge in [-0.05, 0) is 37.1 Å². The Morgan fingerprint density at radius 3 is 2.29 bits per heavy atom. The largest absolute Gasteiger partial charge is 0.484 e. The number of ketones is 1. The number of benzene rings is 1. The number of carbonyl (C=O) groups is 2. The van der Waals surface area contributed by atoms with E-state index in [0.29, 0.717) is 50.8 Å². The Balaban J connectivity index is 1.50. The molecule has 0 N–H and O–H groups in total. The standard InChI is InChI=1S/C18H23NO5/c20-17(19-7-11-23-12-8-19)13-24-16-3-1-14(2-4-16)18(21)15-5-9-22-10-6-15/h1-4,15H,5-13H2. The van der Waals surface area contributed by atoms with Crippen LogP contribution in [-0.2, 0) is 14.3 Å². The molecule has 2 saturated heterocycles. The van der Waals surface area contributed by atoms with Gasteiger partial charge < -0.3 is 19.1 Å². The van der Waals surface area contributed by atoms with Crippen molar-refractivity contribution in [3.05, 3.63) is 29.8 Å². The molecule has 6 heteroatoms. The van der Waals surface area contributed by atoms with E-state index in [1.54, 1.807) is 29.2 Å². The van der Waals surface area contributed by atoms with Crippen LogP contribution in [0, 0.1) is 5.92 Å². The van der Waals surface area contributed by atoms with Crippen molar-refractivity contribution >= 4 is 11.7 Å². The minimum absolute atomic E-state index is 0.00720. The number of nitrogens with zero attached hydrogens (tertiary/aromatic N) is 1. The maximum Gasteiger partial charge on any atom is 0.260 e. The smallest absolute Gasteiger partial charge is 0.260 e. The van der Waals surface area contributed by atoms with E-state index in [2.05, 4.69) is 0 Å². The lowest BCUT2D eigenvalue weighted by Gasteiger charge is -2.26. The van der Waals surface area contributed by atoms with Crippen LogP contribution >= 0.6 is 0 Å². The lowest BCUT2D eigenvalue weighted by atomic mass is 9.91. The minimum Gasteiger partial charge on any atom is -0.484 e. The molecule has 2 aliphatic heterocycles. The molecule has 2 aliphatic rings. The van der Waals surface area contributed by atoms with Crippen LogP contribution in [0.3, 0.4) is 0 Å². The first kappa shape index (κ1) is 16.9. The van der Waals surface area contributed by atoms with Gasteiger partial charge in [0.2, 0.25) is 0 Å². The monoisotopic (exact) mass is 333 g/mol. The van der Waals surface area contributed by atoms with Gasteiger partial charge in [-0.1, -0.05) is 0 Å². The third-order valence-corrected chi connectivity index (χ3v) is 4.46. The summed E-state index contributed by atoms with van der Waals surface area (Å²) in [6.07, 6.45) is 1.57. The van der Waals surface area contributed by atoms with E-state index in [1.165, 1.54) is 0 Å². The van der Waals surface area contributed by atoms with Gasteiger partial charge in [0.05, 0.1) is 13.2 Å². The second-order valence-electron chi connectivity index (χ2n) is 6.06. The van der Waals surface area contributed by atoms with Gasteiger partial charge >= 0.3 is 0 Å². The van der Waals surface area contributed by atoms with Crippen molar-refractivity contribution in [3.8, 4) is 5.75 Å². The highest BCUT2D eigenvalue weighted by molar-refractivity contribution is 5.98. The van der Waals surface area contributed by atoms with E-state index in [4.69, 9.17) is 14.2 Å². The van der Waals surface area contributed by atoms with Crippen LogP contribution < -0.4 is 4.74 Å². The minimum atomic E-state index is -0.0411. The molecule has 130 valence electrons. The molecule has 1 amide bonds. The van der Waals surface area contributed by atoms with Crippen LogP contribution in [0.5, 0.6) is 5.75 Å². The van der Waals surface area contributed by atoms with Crippen molar-refractivity contribution in [2.45, 2.75) is 12.8 Å². The topological polar surface area (TPSA) is 65.1 Å². The quantitative estimate of drug-likeness (QED) is 0.765. The number of carbonyl (C=O) groups excluding carboxylic acids is 2. The molecule has 2 fully saturated rings. The van der Waals surface area contributed by atoms with Gasteiger partial charge in [0.25, 0.3) is 5.91 Å². The molecule has 0 saturated carbocycles. The summed E-state index contributed by atoms with van der Waals surface area (Å²) < 4.78 is 16.1. The summed E-state index contributed by atoms with van der Waals surface area (Å²) >= 11 is 0. The Morgan fingerprint density at radius 2 is 1.62 bits per heavy atom. The molecule has 0 aliphatic carbocycles. The fraction of sp³-hybridized carbons (Fsp3) is 0.556. The lowest BCUT2D eigenvalue weighted by Crippen LogP contribution is -2.42. The second-order valence-corrected chi connectivity index (χ2v) is 6.06. The normalized spacial score (nSPS) is 19.1. The Labute approximate surface area is 141 Å². The van der Waals surface area contributed by atoms with Crippen molar-refractivity contribution in [3.63, 3.8) is 0 Å². The second kappa shape index (κ2) is 8.26. The Hall–Kier alpha value is -1.92. The third-order valence-electron chi connectivity index (χ3n) is 4.46. The van der Waals surface area contributed by atoms with E-state index in [-0.39, 0.29) is 24.2 Å². The highest BCUT2D eigenvalue weighted by Gasteiger charge is 2.23. The SMILES string of the molecule is O=C(c1ccc(OCC(=O)N2CCOCC2)cc1)C1CCOCC1. The van der Waals surface area contributed by atoms with Crippen LogP contribution in [0.4, 0.5) is 0 Å². The van der Waals surface area contributed by atoms with Gasteiger partial charge in [-0.2, -0.15) is 0 Å². The Bertz CT molecular complexity index is 559.